The molecule has 0 spiro atoms. The van der Waals surface area contributed by atoms with E-state index in [4.69, 9.17) is 14.6 Å². The van der Waals surface area contributed by atoms with E-state index in [1.165, 1.54) is 0 Å². The van der Waals surface area contributed by atoms with E-state index in [2.05, 4.69) is 42.0 Å². The van der Waals surface area contributed by atoms with Crippen molar-refractivity contribution in [2.45, 2.75) is 44.0 Å². The number of methoxy groups -OCH3 is 1. The van der Waals surface area contributed by atoms with Crippen molar-refractivity contribution in [3.8, 4) is 11.5 Å². The minimum Gasteiger partial charge on any atom is -0.497 e. The zero-order valence-electron chi connectivity index (χ0n) is 14.4. The second kappa shape index (κ2) is 7.97. The van der Waals surface area contributed by atoms with Gasteiger partial charge in [-0.2, -0.15) is 0 Å². The summed E-state index contributed by atoms with van der Waals surface area (Å²) in [6, 6.07) is 3.44. The smallest absolute Gasteiger partial charge is 0.321 e. The number of nitrogens with one attached hydrogen (secondary N) is 1. The van der Waals surface area contributed by atoms with Gasteiger partial charge in [0, 0.05) is 17.7 Å². The number of rotatable bonds is 6. The molecular formula is C17H24BrNO4S. The molecule has 1 heterocycles. The molecule has 1 aliphatic heterocycles. The quantitative estimate of drug-likeness (QED) is 0.736. The summed E-state index contributed by atoms with van der Waals surface area (Å²) in [5.74, 6) is 1.41. The predicted molar refractivity (Wildman–Crippen MR) is 100 cm³/mol. The molecule has 1 aromatic carbocycles. The highest BCUT2D eigenvalue weighted by atomic mass is 79.9. The third kappa shape index (κ3) is 4.80. The van der Waals surface area contributed by atoms with Crippen LogP contribution in [0.3, 0.4) is 0 Å². The Kier molecular flexibility index (Phi) is 6.45. The average Bonchev–Trinajstić information content (AvgIpc) is 2.96. The molecule has 24 heavy (non-hydrogen) atoms. The number of halogens is 1. The van der Waals surface area contributed by atoms with Gasteiger partial charge in [0.25, 0.3) is 0 Å². The summed E-state index contributed by atoms with van der Waals surface area (Å²) in [6.45, 7) is 6.91. The van der Waals surface area contributed by atoms with E-state index in [0.717, 1.165) is 28.0 Å². The lowest BCUT2D eigenvalue weighted by molar-refractivity contribution is -0.138. The van der Waals surface area contributed by atoms with Crippen LogP contribution >= 0.6 is 27.7 Å². The second-order valence-corrected chi connectivity index (χ2v) is 8.84. The van der Waals surface area contributed by atoms with Crippen LogP contribution < -0.4 is 14.8 Å². The predicted octanol–water partition coefficient (Wildman–Crippen LogP) is 3.64. The first-order chi connectivity index (χ1) is 11.2. The Morgan fingerprint density at radius 3 is 2.71 bits per heavy atom. The number of carboxylic acid groups (broad SMARTS) is 1. The van der Waals surface area contributed by atoms with Crippen molar-refractivity contribution in [3.63, 3.8) is 0 Å². The van der Waals surface area contributed by atoms with Gasteiger partial charge in [0.1, 0.15) is 17.5 Å². The maximum absolute atomic E-state index is 11.0. The van der Waals surface area contributed by atoms with Crippen LogP contribution in [-0.4, -0.2) is 42.0 Å². The first kappa shape index (κ1) is 19.4. The van der Waals surface area contributed by atoms with E-state index in [1.54, 1.807) is 18.9 Å². The molecule has 1 fully saturated rings. The highest BCUT2D eigenvalue weighted by Gasteiger charge is 2.29. The van der Waals surface area contributed by atoms with Gasteiger partial charge in [-0.15, -0.1) is 11.8 Å². The number of ether oxygens (including phenoxy) is 2. The molecule has 0 bridgehead atoms. The van der Waals surface area contributed by atoms with Crippen molar-refractivity contribution < 1.29 is 19.4 Å². The Bertz CT molecular complexity index is 603. The Morgan fingerprint density at radius 2 is 2.17 bits per heavy atom. The van der Waals surface area contributed by atoms with Crippen molar-refractivity contribution in [3.05, 3.63) is 22.2 Å². The maximum Gasteiger partial charge on any atom is 0.321 e. The topological polar surface area (TPSA) is 67.8 Å². The summed E-state index contributed by atoms with van der Waals surface area (Å²) in [5.41, 5.74) is 0.991. The maximum atomic E-state index is 11.0. The summed E-state index contributed by atoms with van der Waals surface area (Å²) >= 11 is 5.20. The molecule has 0 aromatic heterocycles. The normalized spacial score (nSPS) is 20.9. The van der Waals surface area contributed by atoms with Crippen LogP contribution in [0, 0.1) is 0 Å². The van der Waals surface area contributed by atoms with Crippen LogP contribution in [0.5, 0.6) is 11.5 Å². The Labute approximate surface area is 155 Å². The van der Waals surface area contributed by atoms with Crippen molar-refractivity contribution >= 4 is 33.7 Å². The highest BCUT2D eigenvalue weighted by molar-refractivity contribution is 9.10. The van der Waals surface area contributed by atoms with Gasteiger partial charge in [-0.3, -0.25) is 10.1 Å². The van der Waals surface area contributed by atoms with E-state index in [0.29, 0.717) is 12.4 Å². The fourth-order valence-electron chi connectivity index (χ4n) is 2.50. The molecule has 2 rings (SSSR count). The summed E-state index contributed by atoms with van der Waals surface area (Å²) in [7, 11) is 1.65. The molecular weight excluding hydrogens is 394 g/mol. The molecule has 0 saturated carbocycles. The number of hydrogen-bond donors (Lipinski definition) is 2. The van der Waals surface area contributed by atoms with Gasteiger partial charge in [-0.25, -0.2) is 0 Å². The second-order valence-electron chi connectivity index (χ2n) is 6.75. The SMILES string of the molecule is COc1cc(Br)c(OCCC2NC(C(=O)O)CS2)c(C(C)(C)C)c1. The number of carboxylic acids is 1. The summed E-state index contributed by atoms with van der Waals surface area (Å²) < 4.78 is 12.3. The zero-order chi connectivity index (χ0) is 17.9. The van der Waals surface area contributed by atoms with Crippen LogP contribution in [-0.2, 0) is 10.2 Å². The van der Waals surface area contributed by atoms with Gasteiger partial charge in [0.05, 0.1) is 23.6 Å². The number of thioether (sulfide) groups is 1. The molecule has 2 N–H and O–H groups in total. The molecule has 1 aliphatic rings. The zero-order valence-corrected chi connectivity index (χ0v) is 16.8. The monoisotopic (exact) mass is 417 g/mol. The number of carbonyl (C=O) groups is 1. The third-order valence-corrected chi connectivity index (χ3v) is 5.73. The van der Waals surface area contributed by atoms with Crippen LogP contribution in [0.25, 0.3) is 0 Å². The standard InChI is InChI=1S/C17H24BrNO4S/c1-17(2,3)11-7-10(22-4)8-12(18)15(11)23-6-5-14-19-13(9-24-14)16(20)21/h7-8,13-14,19H,5-6,9H2,1-4H3,(H,20,21). The lowest BCUT2D eigenvalue weighted by atomic mass is 9.86. The van der Waals surface area contributed by atoms with Crippen LogP contribution in [0.2, 0.25) is 0 Å². The lowest BCUT2D eigenvalue weighted by Gasteiger charge is -2.25. The van der Waals surface area contributed by atoms with Crippen LogP contribution in [0.1, 0.15) is 32.8 Å². The van der Waals surface area contributed by atoms with Crippen molar-refractivity contribution in [2.24, 2.45) is 0 Å². The lowest BCUT2D eigenvalue weighted by Crippen LogP contribution is -2.37. The van der Waals surface area contributed by atoms with Gasteiger partial charge in [0.2, 0.25) is 0 Å². The Hall–Kier alpha value is -0.920. The van der Waals surface area contributed by atoms with Gasteiger partial charge in [-0.05, 0) is 33.5 Å². The molecule has 0 radical (unpaired) electrons. The van der Waals surface area contributed by atoms with Gasteiger partial charge >= 0.3 is 5.97 Å². The average molecular weight is 418 g/mol. The minimum atomic E-state index is -0.793. The summed E-state index contributed by atoms with van der Waals surface area (Å²) in [5, 5.41) is 12.2. The van der Waals surface area contributed by atoms with Crippen molar-refractivity contribution in [2.75, 3.05) is 19.5 Å². The van der Waals surface area contributed by atoms with Gasteiger partial charge in [0.15, 0.2) is 0 Å². The molecule has 5 nitrogen and oxygen atoms in total. The van der Waals surface area contributed by atoms with E-state index in [9.17, 15) is 4.79 Å². The number of aliphatic carboxylic acids is 1. The number of hydrogen-bond acceptors (Lipinski definition) is 5. The minimum absolute atomic E-state index is 0.0822. The highest BCUT2D eigenvalue weighted by Crippen LogP contribution is 2.40. The van der Waals surface area contributed by atoms with Crippen molar-refractivity contribution in [1.29, 1.82) is 0 Å². The van der Waals surface area contributed by atoms with Gasteiger partial charge in [-0.1, -0.05) is 20.8 Å². The molecule has 1 aromatic rings. The summed E-state index contributed by atoms with van der Waals surface area (Å²) in [4.78, 5) is 11.0. The Balaban J connectivity index is 2.03. The van der Waals surface area contributed by atoms with Crippen LogP contribution in [0.15, 0.2) is 16.6 Å². The third-order valence-electron chi connectivity index (χ3n) is 3.84. The largest absolute Gasteiger partial charge is 0.497 e. The summed E-state index contributed by atoms with van der Waals surface area (Å²) in [6.07, 6.45) is 0.747. The molecule has 1 saturated heterocycles. The van der Waals surface area contributed by atoms with E-state index < -0.39 is 12.0 Å². The fourth-order valence-corrected chi connectivity index (χ4v) is 4.24. The molecule has 7 heteroatoms. The first-order valence-electron chi connectivity index (χ1n) is 7.83. The van der Waals surface area contributed by atoms with E-state index >= 15 is 0 Å². The van der Waals surface area contributed by atoms with Crippen molar-refractivity contribution in [1.82, 2.24) is 5.32 Å². The molecule has 0 aliphatic carbocycles. The molecule has 2 unspecified atom stereocenters. The molecule has 0 amide bonds. The van der Waals surface area contributed by atoms with Gasteiger partial charge < -0.3 is 14.6 Å². The van der Waals surface area contributed by atoms with E-state index in [-0.39, 0.29) is 10.8 Å². The van der Waals surface area contributed by atoms with Crippen LogP contribution in [0.4, 0.5) is 0 Å². The fraction of sp³-hybridized carbons (Fsp3) is 0.588. The molecule has 134 valence electrons. The number of benzene rings is 1. The first-order valence-corrected chi connectivity index (χ1v) is 9.68. The molecule has 2 atom stereocenters. The van der Waals surface area contributed by atoms with E-state index in [1.807, 2.05) is 12.1 Å². The Morgan fingerprint density at radius 1 is 1.46 bits per heavy atom.